The van der Waals surface area contributed by atoms with E-state index in [1.54, 1.807) is 0 Å². The third-order valence-corrected chi connectivity index (χ3v) is 3.55. The second-order valence-electron chi connectivity index (χ2n) is 7.48. The molecule has 1 aromatic carbocycles. The van der Waals surface area contributed by atoms with Gasteiger partial charge in [0.15, 0.2) is 0 Å². The van der Waals surface area contributed by atoms with Crippen molar-refractivity contribution in [2.45, 2.75) is 78.9 Å². The fraction of sp³-hybridized carbons (Fsp3) is 0.632. The monoisotopic (exact) mass is 306 g/mol. The van der Waals surface area contributed by atoms with Crippen LogP contribution in [0.25, 0.3) is 0 Å². The van der Waals surface area contributed by atoms with E-state index in [4.69, 9.17) is 4.74 Å². The number of benzene rings is 1. The first kappa shape index (κ1) is 18.7. The molecule has 0 atom stereocenters. The molecule has 0 bridgehead atoms. The SMILES string of the molecule is CC(C)c1cc(CO)cc(C(C)C)c1CC(=O)OC(C)(C)C. The van der Waals surface area contributed by atoms with Gasteiger partial charge in [0.2, 0.25) is 0 Å². The Morgan fingerprint density at radius 1 is 1.09 bits per heavy atom. The molecule has 1 rings (SSSR count). The molecular weight excluding hydrogens is 276 g/mol. The zero-order valence-corrected chi connectivity index (χ0v) is 15.0. The van der Waals surface area contributed by atoms with Gasteiger partial charge in [-0.3, -0.25) is 4.79 Å². The Balaban J connectivity index is 3.28. The molecule has 0 aliphatic carbocycles. The van der Waals surface area contributed by atoms with Crippen LogP contribution in [0.2, 0.25) is 0 Å². The molecule has 0 aliphatic heterocycles. The summed E-state index contributed by atoms with van der Waals surface area (Å²) in [7, 11) is 0. The first-order valence-corrected chi connectivity index (χ1v) is 8.03. The molecule has 0 spiro atoms. The number of hydrogen-bond acceptors (Lipinski definition) is 3. The van der Waals surface area contributed by atoms with Crippen LogP contribution in [0.1, 0.15) is 82.6 Å². The van der Waals surface area contributed by atoms with Gasteiger partial charge in [-0.05, 0) is 54.9 Å². The van der Waals surface area contributed by atoms with Crippen LogP contribution >= 0.6 is 0 Å². The molecule has 1 N–H and O–H groups in total. The molecule has 0 aliphatic rings. The molecule has 0 unspecified atom stereocenters. The van der Waals surface area contributed by atoms with Crippen molar-refractivity contribution in [1.29, 1.82) is 0 Å². The minimum Gasteiger partial charge on any atom is -0.460 e. The molecular formula is C19H30O3. The lowest BCUT2D eigenvalue weighted by atomic mass is 9.85. The van der Waals surface area contributed by atoms with Crippen molar-refractivity contribution in [2.75, 3.05) is 0 Å². The number of aliphatic hydroxyl groups is 1. The molecule has 3 nitrogen and oxygen atoms in total. The molecule has 22 heavy (non-hydrogen) atoms. The van der Waals surface area contributed by atoms with Gasteiger partial charge in [-0.1, -0.05) is 39.8 Å². The van der Waals surface area contributed by atoms with Crippen molar-refractivity contribution in [3.63, 3.8) is 0 Å². The molecule has 0 radical (unpaired) electrons. The van der Waals surface area contributed by atoms with Gasteiger partial charge in [-0.2, -0.15) is 0 Å². The molecule has 3 heteroatoms. The fourth-order valence-electron chi connectivity index (χ4n) is 2.63. The van der Waals surface area contributed by atoms with Crippen LogP contribution in [0.4, 0.5) is 0 Å². The highest BCUT2D eigenvalue weighted by atomic mass is 16.6. The first-order chi connectivity index (χ1) is 10.0. The highest BCUT2D eigenvalue weighted by Crippen LogP contribution is 2.30. The van der Waals surface area contributed by atoms with Crippen molar-refractivity contribution >= 4 is 5.97 Å². The van der Waals surface area contributed by atoms with Crippen LogP contribution in [0.15, 0.2) is 12.1 Å². The summed E-state index contributed by atoms with van der Waals surface area (Å²) in [5.41, 5.74) is 3.73. The number of carbonyl (C=O) groups is 1. The Kier molecular flexibility index (Phi) is 6.18. The van der Waals surface area contributed by atoms with E-state index < -0.39 is 5.60 Å². The smallest absolute Gasteiger partial charge is 0.310 e. The number of carbonyl (C=O) groups excluding carboxylic acids is 1. The van der Waals surface area contributed by atoms with Gasteiger partial charge < -0.3 is 9.84 Å². The van der Waals surface area contributed by atoms with Crippen molar-refractivity contribution in [1.82, 2.24) is 0 Å². The summed E-state index contributed by atoms with van der Waals surface area (Å²) in [6, 6.07) is 4.02. The molecule has 0 heterocycles. The molecule has 0 aromatic heterocycles. The lowest BCUT2D eigenvalue weighted by Crippen LogP contribution is -2.25. The second-order valence-corrected chi connectivity index (χ2v) is 7.48. The van der Waals surface area contributed by atoms with Crippen LogP contribution in [0.3, 0.4) is 0 Å². The third kappa shape index (κ3) is 5.13. The average molecular weight is 306 g/mol. The Morgan fingerprint density at radius 2 is 1.55 bits per heavy atom. The Bertz CT molecular complexity index is 493. The van der Waals surface area contributed by atoms with Crippen molar-refractivity contribution in [3.05, 3.63) is 34.4 Å². The van der Waals surface area contributed by atoms with Crippen LogP contribution < -0.4 is 0 Å². The Labute approximate surface area is 134 Å². The standard InChI is InChI=1S/C19H30O3/c1-12(2)15-8-14(11-20)9-16(13(3)4)17(15)10-18(21)22-19(5,6)7/h8-9,12-13,20H,10-11H2,1-7H3. The van der Waals surface area contributed by atoms with E-state index >= 15 is 0 Å². The summed E-state index contributed by atoms with van der Waals surface area (Å²) >= 11 is 0. The quantitative estimate of drug-likeness (QED) is 0.825. The summed E-state index contributed by atoms with van der Waals surface area (Å²) in [4.78, 5) is 12.3. The van der Waals surface area contributed by atoms with Gasteiger partial charge in [-0.25, -0.2) is 0 Å². The van der Waals surface area contributed by atoms with E-state index in [-0.39, 0.29) is 19.0 Å². The van der Waals surface area contributed by atoms with E-state index in [1.165, 1.54) is 0 Å². The van der Waals surface area contributed by atoms with Crippen molar-refractivity contribution < 1.29 is 14.6 Å². The predicted octanol–water partition coefficient (Wildman–Crippen LogP) is 4.31. The van der Waals surface area contributed by atoms with E-state index in [9.17, 15) is 9.90 Å². The normalized spacial score (nSPS) is 12.1. The van der Waals surface area contributed by atoms with E-state index in [0.29, 0.717) is 11.8 Å². The maximum atomic E-state index is 12.3. The number of ether oxygens (including phenoxy) is 1. The first-order valence-electron chi connectivity index (χ1n) is 8.03. The summed E-state index contributed by atoms with van der Waals surface area (Å²) in [6.07, 6.45) is 0.282. The number of hydrogen-bond donors (Lipinski definition) is 1. The van der Waals surface area contributed by atoms with Gasteiger partial charge in [0.25, 0.3) is 0 Å². The van der Waals surface area contributed by atoms with Gasteiger partial charge in [0.1, 0.15) is 5.60 Å². The van der Waals surface area contributed by atoms with Crippen molar-refractivity contribution in [3.8, 4) is 0 Å². The van der Waals surface area contributed by atoms with Crippen molar-refractivity contribution in [2.24, 2.45) is 0 Å². The molecule has 0 amide bonds. The Morgan fingerprint density at radius 3 is 1.86 bits per heavy atom. The molecule has 1 aromatic rings. The zero-order chi connectivity index (χ0) is 17.1. The highest BCUT2D eigenvalue weighted by Gasteiger charge is 2.22. The van der Waals surface area contributed by atoms with Gasteiger partial charge in [0.05, 0.1) is 13.0 Å². The van der Waals surface area contributed by atoms with Gasteiger partial charge >= 0.3 is 5.97 Å². The Hall–Kier alpha value is -1.35. The lowest BCUT2D eigenvalue weighted by molar-refractivity contribution is -0.153. The fourth-order valence-corrected chi connectivity index (χ4v) is 2.63. The minimum atomic E-state index is -0.474. The maximum absolute atomic E-state index is 12.3. The maximum Gasteiger partial charge on any atom is 0.310 e. The van der Waals surface area contributed by atoms with E-state index in [0.717, 1.165) is 22.3 Å². The largest absolute Gasteiger partial charge is 0.460 e. The predicted molar refractivity (Wildman–Crippen MR) is 90.1 cm³/mol. The van der Waals surface area contributed by atoms with E-state index in [1.807, 2.05) is 32.9 Å². The molecule has 0 fully saturated rings. The number of aliphatic hydroxyl groups excluding tert-OH is 1. The number of rotatable bonds is 5. The van der Waals surface area contributed by atoms with Crippen LogP contribution in [-0.2, 0) is 22.6 Å². The van der Waals surface area contributed by atoms with Crippen LogP contribution in [-0.4, -0.2) is 16.7 Å². The van der Waals surface area contributed by atoms with Crippen LogP contribution in [0.5, 0.6) is 0 Å². The molecule has 0 saturated heterocycles. The number of esters is 1. The summed E-state index contributed by atoms with van der Waals surface area (Å²) in [5.74, 6) is 0.385. The van der Waals surface area contributed by atoms with E-state index in [2.05, 4.69) is 27.7 Å². The molecule has 124 valence electrons. The molecule has 0 saturated carbocycles. The zero-order valence-electron chi connectivity index (χ0n) is 15.0. The van der Waals surface area contributed by atoms with Gasteiger partial charge in [-0.15, -0.1) is 0 Å². The summed E-state index contributed by atoms with van der Waals surface area (Å²) in [6.45, 7) is 14.1. The average Bonchev–Trinajstić information content (AvgIpc) is 2.35. The summed E-state index contributed by atoms with van der Waals surface area (Å²) in [5, 5.41) is 9.48. The second kappa shape index (κ2) is 7.28. The minimum absolute atomic E-state index is 0.0200. The summed E-state index contributed by atoms with van der Waals surface area (Å²) < 4.78 is 5.48. The van der Waals surface area contributed by atoms with Gasteiger partial charge in [0, 0.05) is 0 Å². The van der Waals surface area contributed by atoms with Crippen LogP contribution in [0, 0.1) is 0 Å². The lowest BCUT2D eigenvalue weighted by Gasteiger charge is -2.23. The third-order valence-electron chi connectivity index (χ3n) is 3.55. The highest BCUT2D eigenvalue weighted by molar-refractivity contribution is 5.74. The topological polar surface area (TPSA) is 46.5 Å².